The van der Waals surface area contributed by atoms with Crippen LogP contribution >= 0.6 is 0 Å². The van der Waals surface area contributed by atoms with Crippen molar-refractivity contribution >= 4 is 16.8 Å². The molecule has 1 aromatic carbocycles. The number of nitrogens with zero attached hydrogens (tertiary/aromatic N) is 2. The zero-order chi connectivity index (χ0) is 14.0. The summed E-state index contributed by atoms with van der Waals surface area (Å²) in [4.78, 5) is 11.3. The molecule has 102 valence electrons. The Hall–Kier alpha value is -1.95. The van der Waals surface area contributed by atoms with Crippen LogP contribution < -0.4 is 11.1 Å². The Bertz CT molecular complexity index is 606. The maximum absolute atomic E-state index is 13.4. The molecular weight excluding hydrogens is 247 g/mol. The van der Waals surface area contributed by atoms with E-state index >= 15 is 0 Å². The number of benzene rings is 1. The molecule has 2 rings (SSSR count). The van der Waals surface area contributed by atoms with Crippen molar-refractivity contribution < 1.29 is 9.18 Å². The number of aromatic nitrogens is 2. The van der Waals surface area contributed by atoms with E-state index in [1.165, 1.54) is 6.07 Å². The standard InChI is InChI=1S/C13H17FN4O/c1-8(2)16-3-4-18-7-9-5-10(14)6-11(13(15)19)12(9)17-18/h5-8,16H,3-4H2,1-2H3,(H2,15,19). The van der Waals surface area contributed by atoms with Crippen molar-refractivity contribution in [1.29, 1.82) is 0 Å². The zero-order valence-corrected chi connectivity index (χ0v) is 11.0. The first-order valence-corrected chi connectivity index (χ1v) is 6.17. The molecule has 1 aromatic heterocycles. The molecule has 0 spiro atoms. The van der Waals surface area contributed by atoms with E-state index < -0.39 is 11.7 Å². The number of carbonyl (C=O) groups excluding carboxylic acids is 1. The van der Waals surface area contributed by atoms with Gasteiger partial charge in [0.1, 0.15) is 11.3 Å². The van der Waals surface area contributed by atoms with E-state index in [1.54, 1.807) is 10.9 Å². The summed E-state index contributed by atoms with van der Waals surface area (Å²) in [6, 6.07) is 2.86. The summed E-state index contributed by atoms with van der Waals surface area (Å²) in [7, 11) is 0. The summed E-state index contributed by atoms with van der Waals surface area (Å²) in [5, 5.41) is 8.12. The van der Waals surface area contributed by atoms with Crippen molar-refractivity contribution in [3.63, 3.8) is 0 Å². The summed E-state index contributed by atoms with van der Waals surface area (Å²) in [5.41, 5.74) is 5.79. The first-order chi connectivity index (χ1) is 8.97. The van der Waals surface area contributed by atoms with Gasteiger partial charge < -0.3 is 11.1 Å². The number of nitrogens with one attached hydrogen (secondary N) is 1. The van der Waals surface area contributed by atoms with Gasteiger partial charge in [0.2, 0.25) is 0 Å². The fourth-order valence-corrected chi connectivity index (χ4v) is 1.92. The highest BCUT2D eigenvalue weighted by atomic mass is 19.1. The molecule has 1 heterocycles. The highest BCUT2D eigenvalue weighted by Crippen LogP contribution is 2.18. The molecule has 0 bridgehead atoms. The van der Waals surface area contributed by atoms with Crippen LogP contribution in [0, 0.1) is 5.82 Å². The Balaban J connectivity index is 2.29. The molecule has 0 atom stereocenters. The lowest BCUT2D eigenvalue weighted by Crippen LogP contribution is -2.26. The maximum atomic E-state index is 13.4. The number of amides is 1. The second kappa shape index (κ2) is 5.36. The van der Waals surface area contributed by atoms with Crippen LogP contribution in [0.25, 0.3) is 10.9 Å². The fourth-order valence-electron chi connectivity index (χ4n) is 1.92. The van der Waals surface area contributed by atoms with Crippen molar-refractivity contribution in [2.45, 2.75) is 26.4 Å². The second-order valence-electron chi connectivity index (χ2n) is 4.76. The van der Waals surface area contributed by atoms with Crippen LogP contribution in [0.1, 0.15) is 24.2 Å². The van der Waals surface area contributed by atoms with Crippen LogP contribution in [-0.2, 0) is 6.54 Å². The van der Waals surface area contributed by atoms with Crippen LogP contribution in [-0.4, -0.2) is 28.3 Å². The van der Waals surface area contributed by atoms with Crippen molar-refractivity contribution in [2.75, 3.05) is 6.54 Å². The quantitative estimate of drug-likeness (QED) is 0.854. The van der Waals surface area contributed by atoms with Crippen LogP contribution in [0.5, 0.6) is 0 Å². The lowest BCUT2D eigenvalue weighted by Gasteiger charge is -2.07. The van der Waals surface area contributed by atoms with Gasteiger partial charge in [-0.2, -0.15) is 5.10 Å². The molecule has 5 nitrogen and oxygen atoms in total. The van der Waals surface area contributed by atoms with Crippen molar-refractivity contribution in [2.24, 2.45) is 5.73 Å². The van der Waals surface area contributed by atoms with Gasteiger partial charge in [0.15, 0.2) is 0 Å². The maximum Gasteiger partial charge on any atom is 0.251 e. The van der Waals surface area contributed by atoms with E-state index in [-0.39, 0.29) is 5.56 Å². The molecule has 0 aliphatic rings. The lowest BCUT2D eigenvalue weighted by molar-refractivity contribution is 0.100. The van der Waals surface area contributed by atoms with Crippen molar-refractivity contribution in [1.82, 2.24) is 15.1 Å². The van der Waals surface area contributed by atoms with E-state index in [4.69, 9.17) is 5.73 Å². The molecule has 0 aliphatic heterocycles. The van der Waals surface area contributed by atoms with Gasteiger partial charge in [-0.3, -0.25) is 9.48 Å². The average Bonchev–Trinajstić information content (AvgIpc) is 2.69. The van der Waals surface area contributed by atoms with Gasteiger partial charge in [-0.05, 0) is 12.1 Å². The monoisotopic (exact) mass is 264 g/mol. The molecular formula is C13H17FN4O. The number of fused-ring (bicyclic) bond motifs is 1. The lowest BCUT2D eigenvalue weighted by atomic mass is 10.1. The average molecular weight is 264 g/mol. The summed E-state index contributed by atoms with van der Waals surface area (Å²) < 4.78 is 15.1. The van der Waals surface area contributed by atoms with Crippen LogP contribution in [0.4, 0.5) is 4.39 Å². The van der Waals surface area contributed by atoms with Crippen LogP contribution in [0.15, 0.2) is 18.3 Å². The number of rotatable bonds is 5. The summed E-state index contributed by atoms with van der Waals surface area (Å²) in [6.45, 7) is 5.51. The number of primary amides is 1. The summed E-state index contributed by atoms with van der Waals surface area (Å²) >= 11 is 0. The SMILES string of the molecule is CC(C)NCCn1cc2cc(F)cc(C(N)=O)c2n1. The fraction of sp³-hybridized carbons (Fsp3) is 0.385. The number of nitrogens with two attached hydrogens (primary N) is 1. The van der Waals surface area contributed by atoms with E-state index in [0.717, 1.165) is 12.6 Å². The van der Waals surface area contributed by atoms with Gasteiger partial charge in [0.25, 0.3) is 5.91 Å². The molecule has 0 saturated heterocycles. The Labute approximate surface area is 110 Å². The minimum Gasteiger partial charge on any atom is -0.366 e. The Morgan fingerprint density at radius 2 is 2.26 bits per heavy atom. The molecule has 0 fully saturated rings. The van der Waals surface area contributed by atoms with Crippen LogP contribution in [0.3, 0.4) is 0 Å². The van der Waals surface area contributed by atoms with Gasteiger partial charge in [0, 0.05) is 24.2 Å². The van der Waals surface area contributed by atoms with Gasteiger partial charge in [0.05, 0.1) is 12.1 Å². The van der Waals surface area contributed by atoms with E-state index in [9.17, 15) is 9.18 Å². The molecule has 0 aliphatic carbocycles. The predicted octanol–water partition coefficient (Wildman–Crippen LogP) is 1.27. The molecule has 0 unspecified atom stereocenters. The van der Waals surface area contributed by atoms with E-state index in [1.807, 2.05) is 0 Å². The first-order valence-electron chi connectivity index (χ1n) is 6.17. The minimum atomic E-state index is -0.671. The van der Waals surface area contributed by atoms with Gasteiger partial charge in [-0.15, -0.1) is 0 Å². The number of halogens is 1. The normalized spacial score (nSPS) is 11.4. The van der Waals surface area contributed by atoms with E-state index in [2.05, 4.69) is 24.3 Å². The summed E-state index contributed by atoms with van der Waals surface area (Å²) in [5.74, 6) is -1.16. The van der Waals surface area contributed by atoms with Crippen molar-refractivity contribution in [3.8, 4) is 0 Å². The highest BCUT2D eigenvalue weighted by molar-refractivity contribution is 6.04. The highest BCUT2D eigenvalue weighted by Gasteiger charge is 2.12. The molecule has 19 heavy (non-hydrogen) atoms. The van der Waals surface area contributed by atoms with Gasteiger partial charge >= 0.3 is 0 Å². The third kappa shape index (κ3) is 3.08. The van der Waals surface area contributed by atoms with Crippen LogP contribution in [0.2, 0.25) is 0 Å². The second-order valence-corrected chi connectivity index (χ2v) is 4.76. The number of hydrogen-bond acceptors (Lipinski definition) is 3. The minimum absolute atomic E-state index is 0.116. The Morgan fingerprint density at radius 1 is 1.53 bits per heavy atom. The zero-order valence-electron chi connectivity index (χ0n) is 11.0. The number of hydrogen-bond donors (Lipinski definition) is 2. The third-order valence-electron chi connectivity index (χ3n) is 2.78. The summed E-state index contributed by atoms with van der Waals surface area (Å²) in [6.07, 6.45) is 1.72. The predicted molar refractivity (Wildman–Crippen MR) is 71.3 cm³/mol. The number of carbonyl (C=O) groups is 1. The third-order valence-corrected chi connectivity index (χ3v) is 2.78. The Morgan fingerprint density at radius 3 is 2.89 bits per heavy atom. The topological polar surface area (TPSA) is 72.9 Å². The molecule has 6 heteroatoms. The largest absolute Gasteiger partial charge is 0.366 e. The Kier molecular flexibility index (Phi) is 3.80. The smallest absolute Gasteiger partial charge is 0.251 e. The van der Waals surface area contributed by atoms with Gasteiger partial charge in [-0.25, -0.2) is 4.39 Å². The molecule has 0 saturated carbocycles. The van der Waals surface area contributed by atoms with E-state index in [0.29, 0.717) is 23.5 Å². The first kappa shape index (κ1) is 13.5. The van der Waals surface area contributed by atoms with Crippen molar-refractivity contribution in [3.05, 3.63) is 29.7 Å². The molecule has 0 radical (unpaired) electrons. The molecule has 2 aromatic rings. The molecule has 1 amide bonds. The molecule has 3 N–H and O–H groups in total. The van der Waals surface area contributed by atoms with Gasteiger partial charge in [-0.1, -0.05) is 13.8 Å².